The summed E-state index contributed by atoms with van der Waals surface area (Å²) < 4.78 is 33.8. The second-order valence-electron chi connectivity index (χ2n) is 7.68. The highest BCUT2D eigenvalue weighted by Gasteiger charge is 2.65. The number of amides is 2. The van der Waals surface area contributed by atoms with E-state index in [0.717, 1.165) is 5.56 Å². The fraction of sp³-hybridized carbons (Fsp3) is 0.647. The lowest BCUT2D eigenvalue weighted by molar-refractivity contribution is -0.0959. The van der Waals surface area contributed by atoms with Crippen molar-refractivity contribution in [2.24, 2.45) is 0 Å². The Kier molecular flexibility index (Phi) is 4.20. The highest BCUT2D eigenvalue weighted by atomic mass is 32.2. The Morgan fingerprint density at radius 2 is 2.12 bits per heavy atom. The van der Waals surface area contributed by atoms with Crippen molar-refractivity contribution in [3.63, 3.8) is 0 Å². The van der Waals surface area contributed by atoms with Crippen LogP contribution in [-0.2, 0) is 21.3 Å². The van der Waals surface area contributed by atoms with Crippen LogP contribution in [0.5, 0.6) is 0 Å². The maximum absolute atomic E-state index is 13.1. The van der Waals surface area contributed by atoms with Crippen LogP contribution in [0.25, 0.3) is 0 Å². The summed E-state index contributed by atoms with van der Waals surface area (Å²) in [5.41, 5.74) is 0.0602. The van der Waals surface area contributed by atoms with Gasteiger partial charge in [-0.05, 0) is 38.0 Å². The minimum Gasteiger partial charge on any atom is -0.365 e. The van der Waals surface area contributed by atoms with Gasteiger partial charge in [0.05, 0.1) is 12.6 Å². The predicted octanol–water partition coefficient (Wildman–Crippen LogP) is 0.557. The number of ether oxygens (including phenoxy) is 1. The van der Waals surface area contributed by atoms with Crippen LogP contribution in [0.15, 0.2) is 24.5 Å². The number of hydrogen-bond donors (Lipinski definition) is 1. The van der Waals surface area contributed by atoms with E-state index in [1.54, 1.807) is 17.3 Å². The first kappa shape index (κ1) is 17.7. The number of carbonyl (C=O) groups is 1. The lowest BCUT2D eigenvalue weighted by Crippen LogP contribution is -2.58. The monoisotopic (exact) mass is 380 g/mol. The first-order chi connectivity index (χ1) is 12.3. The third-order valence-corrected chi connectivity index (χ3v) is 7.64. The second kappa shape index (κ2) is 6.17. The fourth-order valence-corrected chi connectivity index (χ4v) is 6.57. The maximum Gasteiger partial charge on any atom is 0.317 e. The molecule has 3 aliphatic rings. The Labute approximate surface area is 153 Å². The molecule has 0 saturated carbocycles. The van der Waals surface area contributed by atoms with Gasteiger partial charge in [-0.25, -0.2) is 13.2 Å². The van der Waals surface area contributed by atoms with Gasteiger partial charge in [-0.15, -0.1) is 0 Å². The van der Waals surface area contributed by atoms with Crippen molar-refractivity contribution in [1.29, 1.82) is 0 Å². The SMILES string of the molecule is CC(C)NC(=O)N1C[C@H]2C[C@H]3[C@](C1)(CN(Cc1ccncc1)S3(=O)=O)O2. The molecule has 26 heavy (non-hydrogen) atoms. The summed E-state index contributed by atoms with van der Waals surface area (Å²) >= 11 is 0. The molecule has 0 unspecified atom stereocenters. The van der Waals surface area contributed by atoms with Crippen LogP contribution in [0.3, 0.4) is 0 Å². The molecular formula is C17H24N4O4S. The molecule has 142 valence electrons. The quantitative estimate of drug-likeness (QED) is 0.827. The Bertz CT molecular complexity index is 800. The summed E-state index contributed by atoms with van der Waals surface area (Å²) in [6.07, 6.45) is 3.54. The number of urea groups is 1. The largest absolute Gasteiger partial charge is 0.365 e. The Morgan fingerprint density at radius 3 is 2.81 bits per heavy atom. The molecule has 0 aromatic carbocycles. The maximum atomic E-state index is 13.1. The molecule has 3 fully saturated rings. The molecule has 1 aromatic heterocycles. The van der Waals surface area contributed by atoms with Gasteiger partial charge in [0.1, 0.15) is 10.9 Å². The third-order valence-electron chi connectivity index (χ3n) is 5.32. The molecule has 1 aromatic rings. The number of aromatic nitrogens is 1. The molecule has 3 atom stereocenters. The summed E-state index contributed by atoms with van der Waals surface area (Å²) in [5.74, 6) is 0. The van der Waals surface area contributed by atoms with E-state index in [1.165, 1.54) is 4.31 Å². The topological polar surface area (TPSA) is 91.8 Å². The fourth-order valence-electron chi connectivity index (χ4n) is 4.27. The van der Waals surface area contributed by atoms with Crippen LogP contribution in [0.2, 0.25) is 0 Å². The van der Waals surface area contributed by atoms with Crippen molar-refractivity contribution in [3.8, 4) is 0 Å². The molecule has 2 bridgehead atoms. The van der Waals surface area contributed by atoms with Crippen LogP contribution in [0, 0.1) is 0 Å². The summed E-state index contributed by atoms with van der Waals surface area (Å²) in [6, 6.07) is 3.51. The number of pyridine rings is 1. The van der Waals surface area contributed by atoms with Crippen molar-refractivity contribution in [3.05, 3.63) is 30.1 Å². The predicted molar refractivity (Wildman–Crippen MR) is 94.8 cm³/mol. The van der Waals surface area contributed by atoms with Crippen LogP contribution in [-0.4, -0.2) is 71.3 Å². The van der Waals surface area contributed by atoms with Crippen LogP contribution < -0.4 is 5.32 Å². The van der Waals surface area contributed by atoms with Crippen molar-refractivity contribution >= 4 is 16.1 Å². The standard InChI is InChI=1S/C17H24N4O4S/c1-12(2)19-16(22)20-9-14-7-15-17(10-20,25-14)11-21(26(15,23)24)8-13-3-5-18-6-4-13/h3-6,12,14-15H,7-11H2,1-2H3,(H,19,22)/t14-,15+,17+/m1/s1. The van der Waals surface area contributed by atoms with Gasteiger partial charge in [-0.3, -0.25) is 4.98 Å². The van der Waals surface area contributed by atoms with Crippen molar-refractivity contribution < 1.29 is 17.9 Å². The highest BCUT2D eigenvalue weighted by molar-refractivity contribution is 7.90. The normalized spacial score (nSPS) is 32.7. The Morgan fingerprint density at radius 1 is 1.38 bits per heavy atom. The summed E-state index contributed by atoms with van der Waals surface area (Å²) in [5, 5.41) is 2.31. The molecule has 4 rings (SSSR count). The Balaban J connectivity index is 1.57. The smallest absolute Gasteiger partial charge is 0.317 e. The summed E-state index contributed by atoms with van der Waals surface area (Å²) in [6.45, 7) is 5.14. The van der Waals surface area contributed by atoms with E-state index in [4.69, 9.17) is 4.74 Å². The van der Waals surface area contributed by atoms with Gasteiger partial charge >= 0.3 is 6.03 Å². The highest BCUT2D eigenvalue weighted by Crippen LogP contribution is 2.46. The molecule has 0 aliphatic carbocycles. The van der Waals surface area contributed by atoms with Gasteiger partial charge in [0, 0.05) is 38.1 Å². The van der Waals surface area contributed by atoms with Crippen LogP contribution in [0.4, 0.5) is 4.79 Å². The van der Waals surface area contributed by atoms with Crippen molar-refractivity contribution in [2.75, 3.05) is 19.6 Å². The van der Waals surface area contributed by atoms with E-state index in [0.29, 0.717) is 26.1 Å². The number of rotatable bonds is 3. The molecule has 1 spiro atoms. The molecular weight excluding hydrogens is 356 g/mol. The Hall–Kier alpha value is -1.71. The van der Waals surface area contributed by atoms with Crippen molar-refractivity contribution in [1.82, 2.24) is 19.5 Å². The molecule has 3 saturated heterocycles. The zero-order valence-corrected chi connectivity index (χ0v) is 15.8. The average Bonchev–Trinajstić information content (AvgIpc) is 2.94. The van der Waals surface area contributed by atoms with Crippen molar-refractivity contribution in [2.45, 2.75) is 49.8 Å². The minimum absolute atomic E-state index is 0.0341. The van der Waals surface area contributed by atoms with Crippen LogP contribution in [0.1, 0.15) is 25.8 Å². The van der Waals surface area contributed by atoms with Gasteiger partial charge in [-0.1, -0.05) is 0 Å². The van der Waals surface area contributed by atoms with E-state index in [1.807, 2.05) is 26.0 Å². The molecule has 1 N–H and O–H groups in total. The summed E-state index contributed by atoms with van der Waals surface area (Å²) in [4.78, 5) is 18.1. The van der Waals surface area contributed by atoms with E-state index in [9.17, 15) is 13.2 Å². The number of morpholine rings is 1. The van der Waals surface area contributed by atoms with E-state index in [2.05, 4.69) is 10.3 Å². The third kappa shape index (κ3) is 2.87. The van der Waals surface area contributed by atoms with Gasteiger partial charge < -0.3 is 15.0 Å². The lowest BCUT2D eigenvalue weighted by atomic mass is 9.99. The number of nitrogens with one attached hydrogen (secondary N) is 1. The molecule has 8 nitrogen and oxygen atoms in total. The number of sulfonamides is 1. The second-order valence-corrected chi connectivity index (χ2v) is 9.80. The van der Waals surface area contributed by atoms with E-state index in [-0.39, 0.29) is 24.7 Å². The number of fused-ring (bicyclic) bond motifs is 1. The minimum atomic E-state index is -3.47. The van der Waals surface area contributed by atoms with Gasteiger partial charge in [0.25, 0.3) is 0 Å². The van der Waals surface area contributed by atoms with Crippen LogP contribution >= 0.6 is 0 Å². The summed E-state index contributed by atoms with van der Waals surface area (Å²) in [7, 11) is -3.47. The molecule has 0 radical (unpaired) electrons. The first-order valence-electron chi connectivity index (χ1n) is 8.91. The number of hydrogen-bond acceptors (Lipinski definition) is 5. The first-order valence-corrected chi connectivity index (χ1v) is 10.4. The molecule has 4 heterocycles. The average molecular weight is 380 g/mol. The number of likely N-dealkylation sites (tertiary alicyclic amines) is 1. The number of nitrogens with zero attached hydrogens (tertiary/aromatic N) is 3. The zero-order valence-electron chi connectivity index (χ0n) is 15.0. The van der Waals surface area contributed by atoms with Gasteiger partial charge in [-0.2, -0.15) is 4.31 Å². The zero-order chi connectivity index (χ0) is 18.5. The number of carbonyl (C=O) groups excluding carboxylic acids is 1. The molecule has 2 amide bonds. The van der Waals surface area contributed by atoms with Gasteiger partial charge in [0.2, 0.25) is 10.0 Å². The van der Waals surface area contributed by atoms with E-state index < -0.39 is 20.9 Å². The molecule has 3 aliphatic heterocycles. The lowest BCUT2D eigenvalue weighted by Gasteiger charge is -2.39. The van der Waals surface area contributed by atoms with Gasteiger partial charge in [0.15, 0.2) is 0 Å². The van der Waals surface area contributed by atoms with E-state index >= 15 is 0 Å². The molecule has 9 heteroatoms.